The molecule has 0 spiro atoms. The summed E-state index contributed by atoms with van der Waals surface area (Å²) in [6, 6.07) is 0. The van der Waals surface area contributed by atoms with Crippen LogP contribution in [0.25, 0.3) is 0 Å². The van der Waals surface area contributed by atoms with Gasteiger partial charge in [0.25, 0.3) is 0 Å². The predicted octanol–water partition coefficient (Wildman–Crippen LogP) is 10.2. The summed E-state index contributed by atoms with van der Waals surface area (Å²) in [6.07, 6.45) is 34.1. The van der Waals surface area contributed by atoms with Gasteiger partial charge < -0.3 is 14.6 Å². The molecule has 0 aromatic rings. The lowest BCUT2D eigenvalue weighted by Gasteiger charge is -2.15. The number of aliphatic hydroxyl groups is 1. The maximum Gasteiger partial charge on any atom is 0.306 e. The molecule has 0 saturated carbocycles. The highest BCUT2D eigenvalue weighted by molar-refractivity contribution is 5.70. The molecule has 1 N–H and O–H groups in total. The second kappa shape index (κ2) is 32.2. The van der Waals surface area contributed by atoms with E-state index in [4.69, 9.17) is 9.47 Å². The van der Waals surface area contributed by atoms with Crippen LogP contribution in [-0.4, -0.2) is 36.4 Å². The van der Waals surface area contributed by atoms with Crippen LogP contribution in [0.1, 0.15) is 181 Å². The van der Waals surface area contributed by atoms with Crippen LogP contribution in [0, 0.1) is 0 Å². The standard InChI is InChI=1S/C35H66O5/c1-3-5-7-9-11-13-15-16-17-18-20-21-23-25-27-29-34(37)39-32-33(31-36)40-35(38)30-28-26-24-22-19-14-12-10-8-6-4-2/h10,12,33,36H,3-9,11,13-32H2,1-2H3/b12-10-/t33-/m0/s1. The smallest absolute Gasteiger partial charge is 0.306 e. The van der Waals surface area contributed by atoms with Gasteiger partial charge in [-0.1, -0.05) is 148 Å². The number of ether oxygens (including phenoxy) is 2. The molecule has 0 aromatic heterocycles. The minimum absolute atomic E-state index is 0.0639. The summed E-state index contributed by atoms with van der Waals surface area (Å²) in [5.74, 6) is -0.597. The minimum atomic E-state index is -0.767. The zero-order chi connectivity index (χ0) is 29.4. The van der Waals surface area contributed by atoms with Crippen LogP contribution in [0.3, 0.4) is 0 Å². The highest BCUT2D eigenvalue weighted by Crippen LogP contribution is 2.14. The number of allylic oxidation sites excluding steroid dienone is 2. The Morgan fingerprint density at radius 3 is 1.43 bits per heavy atom. The van der Waals surface area contributed by atoms with Gasteiger partial charge in [-0.25, -0.2) is 0 Å². The van der Waals surface area contributed by atoms with E-state index >= 15 is 0 Å². The molecule has 236 valence electrons. The molecular weight excluding hydrogens is 500 g/mol. The molecule has 5 heteroatoms. The molecule has 0 heterocycles. The molecule has 0 aromatic carbocycles. The molecule has 0 aliphatic heterocycles. The van der Waals surface area contributed by atoms with Crippen molar-refractivity contribution in [2.24, 2.45) is 0 Å². The first-order chi connectivity index (χ1) is 19.6. The second-order valence-electron chi connectivity index (χ2n) is 11.6. The van der Waals surface area contributed by atoms with E-state index in [0.717, 1.165) is 44.9 Å². The first kappa shape index (κ1) is 38.6. The van der Waals surface area contributed by atoms with E-state index in [9.17, 15) is 14.7 Å². The number of hydrogen-bond donors (Lipinski definition) is 1. The molecule has 0 rings (SSSR count). The Morgan fingerprint density at radius 1 is 0.550 bits per heavy atom. The molecule has 0 unspecified atom stereocenters. The van der Waals surface area contributed by atoms with Crippen molar-refractivity contribution in [1.29, 1.82) is 0 Å². The third-order valence-corrected chi connectivity index (χ3v) is 7.56. The quantitative estimate of drug-likeness (QED) is 0.0513. The van der Waals surface area contributed by atoms with Gasteiger partial charge in [-0.2, -0.15) is 0 Å². The van der Waals surface area contributed by atoms with E-state index in [2.05, 4.69) is 26.0 Å². The predicted molar refractivity (Wildman–Crippen MR) is 168 cm³/mol. The first-order valence-electron chi connectivity index (χ1n) is 17.2. The molecule has 5 nitrogen and oxygen atoms in total. The second-order valence-corrected chi connectivity index (χ2v) is 11.6. The van der Waals surface area contributed by atoms with Gasteiger partial charge in [-0.05, 0) is 32.1 Å². The summed E-state index contributed by atoms with van der Waals surface area (Å²) in [7, 11) is 0. The van der Waals surface area contributed by atoms with E-state index < -0.39 is 6.10 Å². The Balaban J connectivity index is 3.54. The normalized spacial score (nSPS) is 12.2. The third-order valence-electron chi connectivity index (χ3n) is 7.56. The van der Waals surface area contributed by atoms with Crippen LogP contribution < -0.4 is 0 Å². The highest BCUT2D eigenvalue weighted by atomic mass is 16.6. The van der Waals surface area contributed by atoms with Crippen molar-refractivity contribution < 1.29 is 24.2 Å². The molecule has 0 saturated heterocycles. The van der Waals surface area contributed by atoms with Crippen LogP contribution in [-0.2, 0) is 19.1 Å². The molecule has 0 aliphatic carbocycles. The van der Waals surface area contributed by atoms with Crippen molar-refractivity contribution in [2.45, 2.75) is 187 Å². The van der Waals surface area contributed by atoms with E-state index in [1.807, 2.05) is 0 Å². The van der Waals surface area contributed by atoms with E-state index in [1.165, 1.54) is 109 Å². The molecular formula is C35H66O5. The first-order valence-corrected chi connectivity index (χ1v) is 17.2. The Labute approximate surface area is 248 Å². The van der Waals surface area contributed by atoms with Gasteiger partial charge in [0, 0.05) is 12.8 Å². The molecule has 0 radical (unpaired) electrons. The van der Waals surface area contributed by atoms with Crippen LogP contribution in [0.5, 0.6) is 0 Å². The number of carbonyl (C=O) groups is 2. The lowest BCUT2D eigenvalue weighted by atomic mass is 10.0. The summed E-state index contributed by atoms with van der Waals surface area (Å²) in [6.45, 7) is 4.09. The van der Waals surface area contributed by atoms with Gasteiger partial charge in [-0.15, -0.1) is 0 Å². The van der Waals surface area contributed by atoms with Gasteiger partial charge >= 0.3 is 11.9 Å². The summed E-state index contributed by atoms with van der Waals surface area (Å²) >= 11 is 0. The van der Waals surface area contributed by atoms with Gasteiger partial charge in [-0.3, -0.25) is 9.59 Å². The minimum Gasteiger partial charge on any atom is -0.462 e. The van der Waals surface area contributed by atoms with Crippen molar-refractivity contribution in [2.75, 3.05) is 13.2 Å². The Hall–Kier alpha value is -1.36. The number of rotatable bonds is 31. The lowest BCUT2D eigenvalue weighted by molar-refractivity contribution is -0.161. The maximum atomic E-state index is 12.1. The van der Waals surface area contributed by atoms with Crippen molar-refractivity contribution in [3.63, 3.8) is 0 Å². The van der Waals surface area contributed by atoms with E-state index in [0.29, 0.717) is 12.8 Å². The largest absolute Gasteiger partial charge is 0.462 e. The molecule has 1 atom stereocenters. The highest BCUT2D eigenvalue weighted by Gasteiger charge is 2.16. The number of unbranched alkanes of at least 4 members (excludes halogenated alkanes) is 21. The molecule has 0 bridgehead atoms. The average molecular weight is 567 g/mol. The number of aliphatic hydroxyl groups excluding tert-OH is 1. The average Bonchev–Trinajstić information content (AvgIpc) is 2.96. The molecule has 0 amide bonds. The zero-order valence-electron chi connectivity index (χ0n) is 26.6. The van der Waals surface area contributed by atoms with E-state index in [1.54, 1.807) is 0 Å². The number of esters is 2. The van der Waals surface area contributed by atoms with Crippen LogP contribution in [0.2, 0.25) is 0 Å². The van der Waals surface area contributed by atoms with E-state index in [-0.39, 0.29) is 25.2 Å². The lowest BCUT2D eigenvalue weighted by Crippen LogP contribution is -2.28. The molecule has 0 fully saturated rings. The fourth-order valence-corrected chi connectivity index (χ4v) is 4.89. The summed E-state index contributed by atoms with van der Waals surface area (Å²) in [4.78, 5) is 24.1. The van der Waals surface area contributed by atoms with Crippen molar-refractivity contribution in [1.82, 2.24) is 0 Å². The van der Waals surface area contributed by atoms with Crippen LogP contribution in [0.4, 0.5) is 0 Å². The van der Waals surface area contributed by atoms with Crippen LogP contribution in [0.15, 0.2) is 12.2 Å². The Bertz CT molecular complexity index is 574. The topological polar surface area (TPSA) is 72.8 Å². The SMILES string of the molecule is CCCC/C=C\CCCCCCCC(=O)O[C@@H](CO)COC(=O)CCCCCCCCCCCCCCCCC. The van der Waals surface area contributed by atoms with Gasteiger partial charge in [0.2, 0.25) is 0 Å². The monoisotopic (exact) mass is 566 g/mol. The number of hydrogen-bond acceptors (Lipinski definition) is 5. The fourth-order valence-electron chi connectivity index (χ4n) is 4.89. The van der Waals surface area contributed by atoms with Gasteiger partial charge in [0.05, 0.1) is 6.61 Å². The molecule has 0 aliphatic rings. The van der Waals surface area contributed by atoms with Crippen LogP contribution >= 0.6 is 0 Å². The third kappa shape index (κ3) is 29.6. The maximum absolute atomic E-state index is 12.1. The van der Waals surface area contributed by atoms with Gasteiger partial charge in [0.1, 0.15) is 6.61 Å². The van der Waals surface area contributed by atoms with Crippen molar-refractivity contribution in [3.05, 3.63) is 12.2 Å². The van der Waals surface area contributed by atoms with Gasteiger partial charge in [0.15, 0.2) is 6.10 Å². The summed E-state index contributed by atoms with van der Waals surface area (Å²) in [5, 5.41) is 9.49. The fraction of sp³-hybridized carbons (Fsp3) is 0.886. The molecule has 40 heavy (non-hydrogen) atoms. The zero-order valence-corrected chi connectivity index (χ0v) is 26.6. The summed E-state index contributed by atoms with van der Waals surface area (Å²) < 4.78 is 10.5. The Morgan fingerprint density at radius 2 is 0.950 bits per heavy atom. The number of carbonyl (C=O) groups excluding carboxylic acids is 2. The van der Waals surface area contributed by atoms with Crippen molar-refractivity contribution >= 4 is 11.9 Å². The Kier molecular flexibility index (Phi) is 31.1. The van der Waals surface area contributed by atoms with Crippen molar-refractivity contribution in [3.8, 4) is 0 Å². The summed E-state index contributed by atoms with van der Waals surface area (Å²) in [5.41, 5.74) is 0.